The van der Waals surface area contributed by atoms with Crippen molar-refractivity contribution in [3.05, 3.63) is 48.0 Å². The average molecular weight is 581 g/mol. The van der Waals surface area contributed by atoms with Crippen molar-refractivity contribution in [1.82, 2.24) is 0 Å². The summed E-state index contributed by atoms with van der Waals surface area (Å²) >= 11 is 5.94. The second-order valence-corrected chi connectivity index (χ2v) is 8.85. The number of carbonyl (C=O) groups is 2. The normalized spacial score (nSPS) is 13.8. The number of carboxylic acid groups (broad SMARTS) is 1. The highest BCUT2D eigenvalue weighted by Crippen LogP contribution is 2.53. The third-order valence-corrected chi connectivity index (χ3v) is 5.26. The van der Waals surface area contributed by atoms with E-state index in [0.29, 0.717) is 24.6 Å². The zero-order chi connectivity index (χ0) is 29.3. The van der Waals surface area contributed by atoms with Crippen LogP contribution < -0.4 is 9.47 Å². The molecule has 210 valence electrons. The van der Waals surface area contributed by atoms with E-state index in [9.17, 15) is 54.2 Å². The van der Waals surface area contributed by atoms with Gasteiger partial charge < -0.3 is 14.6 Å². The van der Waals surface area contributed by atoms with Crippen LogP contribution in [0.4, 0.5) is 39.5 Å². The van der Waals surface area contributed by atoms with Crippen LogP contribution in [0.2, 0.25) is 0 Å². The van der Waals surface area contributed by atoms with Crippen LogP contribution in [0.15, 0.2) is 42.5 Å². The Bertz CT molecular complexity index is 1160. The minimum Gasteiger partial charge on any atom is -0.478 e. The van der Waals surface area contributed by atoms with Gasteiger partial charge in [-0.15, -0.1) is 11.6 Å². The lowest BCUT2D eigenvalue weighted by Gasteiger charge is -2.33. The fourth-order valence-electron chi connectivity index (χ4n) is 2.98. The van der Waals surface area contributed by atoms with Crippen LogP contribution in [0.3, 0.4) is 0 Å². The van der Waals surface area contributed by atoms with Gasteiger partial charge in [0.05, 0.1) is 5.56 Å². The summed E-state index contributed by atoms with van der Waals surface area (Å²) in [7, 11) is 0. The number of aromatic carboxylic acids is 1. The molecular weight excluding hydrogens is 563 g/mol. The third kappa shape index (κ3) is 6.45. The van der Waals surface area contributed by atoms with Crippen molar-refractivity contribution in [3.8, 4) is 22.6 Å². The molecule has 0 amide bonds. The maximum Gasteiger partial charge on any atom is 0.471 e. The Morgan fingerprint density at radius 3 is 1.87 bits per heavy atom. The smallest absolute Gasteiger partial charge is 0.471 e. The average Bonchev–Trinajstić information content (AvgIpc) is 2.77. The molecule has 0 aliphatic carbocycles. The van der Waals surface area contributed by atoms with Crippen LogP contribution in [0, 0.1) is 5.92 Å². The highest BCUT2D eigenvalue weighted by atomic mass is 35.5. The van der Waals surface area contributed by atoms with Crippen LogP contribution in [0.25, 0.3) is 11.1 Å². The fourth-order valence-corrected chi connectivity index (χ4v) is 3.38. The SMILES string of the molecule is CC(C)CC(Cl)C(=O)Oc1ccc(-c2cc(OC(F)(F)C(F)(F)C(F)(F)C(F)(F)F)ccc2C(=O)O)cc1. The van der Waals surface area contributed by atoms with Gasteiger partial charge in [-0.3, -0.25) is 4.79 Å². The number of rotatable bonds is 10. The number of hydrogen-bond acceptors (Lipinski definition) is 4. The van der Waals surface area contributed by atoms with E-state index in [0.717, 1.165) is 24.3 Å². The molecule has 0 aliphatic heterocycles. The van der Waals surface area contributed by atoms with Gasteiger partial charge in [-0.25, -0.2) is 4.79 Å². The molecule has 2 aromatic rings. The van der Waals surface area contributed by atoms with E-state index in [-0.39, 0.29) is 17.2 Å². The largest absolute Gasteiger partial charge is 0.478 e. The summed E-state index contributed by atoms with van der Waals surface area (Å²) in [5.74, 6) is -18.0. The van der Waals surface area contributed by atoms with Gasteiger partial charge in [-0.1, -0.05) is 26.0 Å². The molecule has 5 nitrogen and oxygen atoms in total. The second-order valence-electron chi connectivity index (χ2n) is 8.32. The van der Waals surface area contributed by atoms with E-state index in [4.69, 9.17) is 16.3 Å². The lowest BCUT2D eigenvalue weighted by atomic mass is 9.99. The summed E-state index contributed by atoms with van der Waals surface area (Å²) < 4.78 is 127. The minimum absolute atomic E-state index is 0.0574. The first-order valence-electron chi connectivity index (χ1n) is 10.4. The lowest BCUT2D eigenvalue weighted by Crippen LogP contribution is -2.62. The Morgan fingerprint density at radius 1 is 0.868 bits per heavy atom. The van der Waals surface area contributed by atoms with Gasteiger partial charge in [-0.05, 0) is 53.8 Å². The number of ether oxygens (including phenoxy) is 2. The van der Waals surface area contributed by atoms with E-state index in [1.165, 1.54) is 0 Å². The molecule has 0 bridgehead atoms. The van der Waals surface area contributed by atoms with E-state index < -0.39 is 58.3 Å². The maximum absolute atomic E-state index is 13.9. The number of esters is 1. The van der Waals surface area contributed by atoms with Crippen molar-refractivity contribution in [2.75, 3.05) is 0 Å². The highest BCUT2D eigenvalue weighted by molar-refractivity contribution is 6.30. The molecule has 2 rings (SSSR count). The minimum atomic E-state index is -7.17. The van der Waals surface area contributed by atoms with Gasteiger partial charge in [0.25, 0.3) is 0 Å². The zero-order valence-electron chi connectivity index (χ0n) is 19.3. The molecule has 0 heterocycles. The molecule has 0 saturated heterocycles. The van der Waals surface area contributed by atoms with Gasteiger partial charge in [0.1, 0.15) is 16.9 Å². The van der Waals surface area contributed by atoms with Gasteiger partial charge in [0, 0.05) is 0 Å². The molecule has 38 heavy (non-hydrogen) atoms. The van der Waals surface area contributed by atoms with Crippen molar-refractivity contribution in [3.63, 3.8) is 0 Å². The fraction of sp³-hybridized carbons (Fsp3) is 0.391. The van der Waals surface area contributed by atoms with Crippen LogP contribution in [0.5, 0.6) is 11.5 Å². The molecule has 0 radical (unpaired) electrons. The number of benzene rings is 2. The predicted octanol–water partition coefficient (Wildman–Crippen LogP) is 7.42. The lowest BCUT2D eigenvalue weighted by molar-refractivity contribution is -0.428. The molecule has 0 aliphatic rings. The summed E-state index contributed by atoms with van der Waals surface area (Å²) in [6.45, 7) is 3.63. The number of carbonyl (C=O) groups excluding carboxylic acids is 1. The highest BCUT2D eigenvalue weighted by Gasteiger charge is 2.83. The van der Waals surface area contributed by atoms with Crippen LogP contribution >= 0.6 is 11.6 Å². The first-order valence-corrected chi connectivity index (χ1v) is 10.9. The van der Waals surface area contributed by atoms with Crippen molar-refractivity contribution in [2.45, 2.75) is 49.8 Å². The second kappa shape index (κ2) is 10.9. The molecule has 1 N–H and O–H groups in total. The molecule has 0 saturated carbocycles. The molecule has 0 fully saturated rings. The summed E-state index contributed by atoms with van der Waals surface area (Å²) in [6, 6.07) is 5.94. The number of carboxylic acids is 1. The van der Waals surface area contributed by atoms with Crippen molar-refractivity contribution in [1.29, 1.82) is 0 Å². The first-order chi connectivity index (χ1) is 17.2. The molecule has 2 aromatic carbocycles. The Morgan fingerprint density at radius 2 is 1.39 bits per heavy atom. The molecule has 0 spiro atoms. The molecule has 15 heteroatoms. The van der Waals surface area contributed by atoms with Gasteiger partial charge >= 0.3 is 36.1 Å². The summed E-state index contributed by atoms with van der Waals surface area (Å²) in [6.07, 6.45) is -13.1. The first kappa shape index (κ1) is 31.1. The Balaban J connectivity index is 2.40. The van der Waals surface area contributed by atoms with E-state index in [1.54, 1.807) is 0 Å². The monoisotopic (exact) mass is 580 g/mol. The predicted molar refractivity (Wildman–Crippen MR) is 115 cm³/mol. The van der Waals surface area contributed by atoms with E-state index >= 15 is 0 Å². The van der Waals surface area contributed by atoms with E-state index in [2.05, 4.69) is 4.74 Å². The van der Waals surface area contributed by atoms with Crippen LogP contribution in [-0.4, -0.2) is 46.6 Å². The maximum atomic E-state index is 13.9. The molecule has 1 unspecified atom stereocenters. The topological polar surface area (TPSA) is 72.8 Å². The molecular formula is C23H18ClF9O5. The quantitative estimate of drug-likeness (QED) is 0.137. The molecule has 0 aromatic heterocycles. The Kier molecular flexibility index (Phi) is 8.92. The van der Waals surface area contributed by atoms with Gasteiger partial charge in [-0.2, -0.15) is 39.5 Å². The van der Waals surface area contributed by atoms with Crippen molar-refractivity contribution < 1.29 is 63.7 Å². The van der Waals surface area contributed by atoms with Crippen LogP contribution in [-0.2, 0) is 4.79 Å². The molecule has 1 atom stereocenters. The summed E-state index contributed by atoms with van der Waals surface area (Å²) in [5.41, 5.74) is -1.16. The Hall–Kier alpha value is -3.16. The van der Waals surface area contributed by atoms with Gasteiger partial charge in [0.15, 0.2) is 0 Å². The third-order valence-electron chi connectivity index (χ3n) is 4.90. The number of alkyl halides is 10. The number of halogens is 10. The van der Waals surface area contributed by atoms with Crippen molar-refractivity contribution in [2.24, 2.45) is 5.92 Å². The number of hydrogen-bond donors (Lipinski definition) is 1. The summed E-state index contributed by atoms with van der Waals surface area (Å²) in [5, 5.41) is 8.39. The van der Waals surface area contributed by atoms with E-state index in [1.807, 2.05) is 13.8 Å². The van der Waals surface area contributed by atoms with Crippen molar-refractivity contribution >= 4 is 23.5 Å². The summed E-state index contributed by atoms with van der Waals surface area (Å²) in [4.78, 5) is 23.6. The van der Waals surface area contributed by atoms with Crippen LogP contribution in [0.1, 0.15) is 30.6 Å². The standard InChI is InChI=1S/C23H18ClF9O5/c1-11(2)9-17(24)19(36)37-13-5-3-12(4-6-13)16-10-14(7-8-15(16)18(34)35)38-23(32,33)21(27,28)20(25,26)22(29,30)31/h3-8,10-11,17H,9H2,1-2H3,(H,34,35). The van der Waals surface area contributed by atoms with Gasteiger partial charge in [0.2, 0.25) is 0 Å². The Labute approximate surface area is 214 Å². The zero-order valence-corrected chi connectivity index (χ0v) is 20.0.